The zero-order chi connectivity index (χ0) is 48.2. The van der Waals surface area contributed by atoms with E-state index in [1.807, 2.05) is 0 Å². The highest BCUT2D eigenvalue weighted by molar-refractivity contribution is 5.70. The van der Waals surface area contributed by atoms with Gasteiger partial charge < -0.3 is 64.2 Å². The number of unbranched alkanes of at least 4 members (excludes halogenated alkanes) is 25. The molecule has 0 aromatic rings. The molecule has 15 heteroatoms. The topological polar surface area (TPSA) is 231 Å². The minimum absolute atomic E-state index is 0.167. The van der Waals surface area contributed by atoms with Crippen LogP contribution >= 0.6 is 0 Å². The van der Waals surface area contributed by atoms with E-state index in [2.05, 4.69) is 26.0 Å². The Labute approximate surface area is 397 Å². The Morgan fingerprint density at radius 3 is 1.38 bits per heavy atom. The molecule has 0 aromatic carbocycles. The first kappa shape index (κ1) is 60.4. The molecule has 2 fully saturated rings. The van der Waals surface area contributed by atoms with Gasteiger partial charge in [0, 0.05) is 12.8 Å². The van der Waals surface area contributed by atoms with Crippen LogP contribution in [0, 0.1) is 0 Å². The number of aliphatic hydroxyl groups excluding tert-OH is 7. The molecule has 388 valence electrons. The summed E-state index contributed by atoms with van der Waals surface area (Å²) in [5.74, 6) is -0.917. The van der Waals surface area contributed by atoms with Gasteiger partial charge in [0.15, 0.2) is 18.7 Å². The van der Waals surface area contributed by atoms with Gasteiger partial charge in [0.2, 0.25) is 0 Å². The molecular weight excluding hydrogens is 853 g/mol. The van der Waals surface area contributed by atoms with E-state index in [0.717, 1.165) is 44.9 Å². The van der Waals surface area contributed by atoms with E-state index in [1.54, 1.807) is 0 Å². The largest absolute Gasteiger partial charge is 0.462 e. The predicted octanol–water partition coefficient (Wildman–Crippen LogP) is 7.38. The third-order valence-corrected chi connectivity index (χ3v) is 12.7. The lowest BCUT2D eigenvalue weighted by Crippen LogP contribution is -2.61. The molecule has 2 saturated heterocycles. The van der Waals surface area contributed by atoms with E-state index in [0.29, 0.717) is 12.8 Å². The van der Waals surface area contributed by atoms with Gasteiger partial charge in [0.05, 0.1) is 19.8 Å². The summed E-state index contributed by atoms with van der Waals surface area (Å²) in [4.78, 5) is 25.8. The van der Waals surface area contributed by atoms with Crippen molar-refractivity contribution in [3.63, 3.8) is 0 Å². The van der Waals surface area contributed by atoms with E-state index in [-0.39, 0.29) is 26.1 Å². The van der Waals surface area contributed by atoms with Crippen LogP contribution in [0.2, 0.25) is 0 Å². The van der Waals surface area contributed by atoms with E-state index in [9.17, 15) is 45.3 Å². The summed E-state index contributed by atoms with van der Waals surface area (Å²) in [6.07, 6.45) is 20.9. The zero-order valence-corrected chi connectivity index (χ0v) is 40.9. The first-order valence-electron chi connectivity index (χ1n) is 26.3. The molecule has 7 N–H and O–H groups in total. The molecule has 2 heterocycles. The normalized spacial score (nSPS) is 26.2. The maximum Gasteiger partial charge on any atom is 0.306 e. The minimum Gasteiger partial charge on any atom is -0.462 e. The van der Waals surface area contributed by atoms with Crippen molar-refractivity contribution in [3.8, 4) is 0 Å². The van der Waals surface area contributed by atoms with E-state index in [4.69, 9.17) is 28.4 Å². The van der Waals surface area contributed by atoms with E-state index in [1.165, 1.54) is 122 Å². The fraction of sp³-hybridized carbons (Fsp3) is 0.922. The highest BCUT2D eigenvalue weighted by atomic mass is 16.7. The predicted molar refractivity (Wildman–Crippen MR) is 252 cm³/mol. The molecule has 0 bridgehead atoms. The molecule has 2 rings (SSSR count). The van der Waals surface area contributed by atoms with Crippen molar-refractivity contribution in [2.24, 2.45) is 0 Å². The van der Waals surface area contributed by atoms with E-state index < -0.39 is 92.7 Å². The van der Waals surface area contributed by atoms with Crippen molar-refractivity contribution in [3.05, 3.63) is 12.2 Å². The maximum absolute atomic E-state index is 13.0. The number of ether oxygens (including phenoxy) is 6. The van der Waals surface area contributed by atoms with Crippen molar-refractivity contribution < 1.29 is 73.8 Å². The number of carbonyl (C=O) groups excluding carboxylic acids is 2. The summed E-state index contributed by atoms with van der Waals surface area (Å²) in [5.41, 5.74) is 0. The van der Waals surface area contributed by atoms with Crippen LogP contribution < -0.4 is 0 Å². The van der Waals surface area contributed by atoms with Crippen LogP contribution in [0.1, 0.15) is 206 Å². The first-order valence-corrected chi connectivity index (χ1v) is 26.3. The first-order chi connectivity index (χ1) is 32.0. The summed E-state index contributed by atoms with van der Waals surface area (Å²) >= 11 is 0. The average molecular weight is 947 g/mol. The zero-order valence-electron chi connectivity index (χ0n) is 40.9. The second kappa shape index (κ2) is 39.0. The Balaban J connectivity index is 1.80. The highest BCUT2D eigenvalue weighted by Crippen LogP contribution is 2.26. The van der Waals surface area contributed by atoms with Gasteiger partial charge in [-0.05, 0) is 32.1 Å². The molecule has 4 unspecified atom stereocenters. The SMILES string of the molecule is CCCC/C=C/CCCCCCCCCCCC(=O)O[C@H](COC(=O)CCCCCCCCCCCCCCCCC)CO[C@@H]1O[C@H](CO[C@@H]2O[C@H](CO)[C@H](O)C(O)C2O)[C@H](O)C(O)C1O. The van der Waals surface area contributed by atoms with Gasteiger partial charge in [0.1, 0.15) is 55.4 Å². The fourth-order valence-electron chi connectivity index (χ4n) is 8.38. The number of aliphatic hydroxyl groups is 7. The molecule has 0 spiro atoms. The lowest BCUT2D eigenvalue weighted by Gasteiger charge is -2.42. The number of rotatable bonds is 41. The number of carbonyl (C=O) groups is 2. The Bertz CT molecular complexity index is 1210. The summed E-state index contributed by atoms with van der Waals surface area (Å²) in [6, 6.07) is 0. The summed E-state index contributed by atoms with van der Waals surface area (Å²) in [5, 5.41) is 72.1. The third kappa shape index (κ3) is 26.8. The van der Waals surface area contributed by atoms with Crippen molar-refractivity contribution in [2.75, 3.05) is 26.4 Å². The number of allylic oxidation sites excluding steroid dienone is 2. The Morgan fingerprint density at radius 1 is 0.470 bits per heavy atom. The Hall–Kier alpha value is -1.76. The molecule has 11 atom stereocenters. The maximum atomic E-state index is 13.0. The summed E-state index contributed by atoms with van der Waals surface area (Å²) in [6.45, 7) is 2.58. The van der Waals surface area contributed by atoms with Crippen LogP contribution in [0.4, 0.5) is 0 Å². The summed E-state index contributed by atoms with van der Waals surface area (Å²) in [7, 11) is 0. The van der Waals surface area contributed by atoms with Crippen LogP contribution in [0.3, 0.4) is 0 Å². The second-order valence-corrected chi connectivity index (χ2v) is 18.7. The Morgan fingerprint density at radius 2 is 0.879 bits per heavy atom. The van der Waals surface area contributed by atoms with Gasteiger partial charge in [-0.3, -0.25) is 9.59 Å². The molecule has 15 nitrogen and oxygen atoms in total. The minimum atomic E-state index is -1.76. The third-order valence-electron chi connectivity index (χ3n) is 12.7. The smallest absolute Gasteiger partial charge is 0.306 e. The van der Waals surface area contributed by atoms with Crippen LogP contribution in [0.25, 0.3) is 0 Å². The van der Waals surface area contributed by atoms with Crippen LogP contribution in [-0.4, -0.2) is 142 Å². The van der Waals surface area contributed by atoms with Crippen LogP contribution in [0.5, 0.6) is 0 Å². The van der Waals surface area contributed by atoms with Gasteiger partial charge in [-0.15, -0.1) is 0 Å². The van der Waals surface area contributed by atoms with Crippen molar-refractivity contribution >= 4 is 11.9 Å². The molecule has 0 amide bonds. The second-order valence-electron chi connectivity index (χ2n) is 18.7. The molecular formula is C51H94O15. The molecule has 0 aliphatic carbocycles. The molecule has 0 radical (unpaired) electrons. The molecule has 0 saturated carbocycles. The lowest BCUT2D eigenvalue weighted by atomic mass is 9.98. The highest BCUT2D eigenvalue weighted by Gasteiger charge is 2.47. The van der Waals surface area contributed by atoms with Crippen molar-refractivity contribution in [1.82, 2.24) is 0 Å². The number of hydrogen-bond donors (Lipinski definition) is 7. The quantitative estimate of drug-likeness (QED) is 0.0180. The molecule has 66 heavy (non-hydrogen) atoms. The Kier molecular flexibility index (Phi) is 35.7. The van der Waals surface area contributed by atoms with Gasteiger partial charge in [-0.25, -0.2) is 0 Å². The van der Waals surface area contributed by atoms with Gasteiger partial charge in [-0.2, -0.15) is 0 Å². The van der Waals surface area contributed by atoms with Crippen LogP contribution in [0.15, 0.2) is 12.2 Å². The van der Waals surface area contributed by atoms with Gasteiger partial charge in [0.25, 0.3) is 0 Å². The molecule has 2 aliphatic rings. The molecule has 2 aliphatic heterocycles. The summed E-state index contributed by atoms with van der Waals surface area (Å²) < 4.78 is 33.6. The monoisotopic (exact) mass is 947 g/mol. The van der Waals surface area contributed by atoms with Crippen molar-refractivity contribution in [2.45, 2.75) is 274 Å². The lowest BCUT2D eigenvalue weighted by molar-refractivity contribution is -0.332. The number of esters is 2. The van der Waals surface area contributed by atoms with Crippen molar-refractivity contribution in [1.29, 1.82) is 0 Å². The molecule has 0 aromatic heterocycles. The van der Waals surface area contributed by atoms with E-state index >= 15 is 0 Å². The average Bonchev–Trinajstić information content (AvgIpc) is 3.31. The standard InChI is InChI=1S/C51H94O15/c1-3-5-7-9-11-13-15-17-19-21-23-25-27-29-31-33-42(53)61-36-39(64-43(54)34-32-30-28-26-24-22-20-18-16-14-12-10-8-6-4-2)37-62-50-49(60)47(58)45(56)41(66-50)38-63-51-48(59)46(57)44(55)40(35-52)65-51/h10,12,39-41,44-52,55-60H,3-9,11,13-38H2,1-2H3/b12-10+/t39-,40-,41-,44+,45+,46?,47?,48?,49?,50-,51-/m1/s1. The number of hydrogen-bond acceptors (Lipinski definition) is 15. The van der Waals surface area contributed by atoms with Gasteiger partial charge >= 0.3 is 11.9 Å². The van der Waals surface area contributed by atoms with Crippen LogP contribution in [-0.2, 0) is 38.0 Å². The fourth-order valence-corrected chi connectivity index (χ4v) is 8.38. The van der Waals surface area contributed by atoms with Gasteiger partial charge in [-0.1, -0.05) is 174 Å².